The number of aromatic nitrogens is 2. The van der Waals surface area contributed by atoms with Crippen molar-refractivity contribution >= 4 is 5.78 Å². The minimum atomic E-state index is 0.256. The molecule has 0 N–H and O–H groups in total. The predicted octanol–water partition coefficient (Wildman–Crippen LogP) is 2.96. The second kappa shape index (κ2) is 5.28. The maximum atomic E-state index is 12.0. The summed E-state index contributed by atoms with van der Waals surface area (Å²) in [6.07, 6.45) is 10.1. The van der Waals surface area contributed by atoms with Crippen LogP contribution in [-0.2, 0) is 7.05 Å². The first-order valence-electron chi connectivity index (χ1n) is 6.28. The lowest BCUT2D eigenvalue weighted by Gasteiger charge is -2.12. The van der Waals surface area contributed by atoms with E-state index in [0.29, 0.717) is 12.3 Å². The number of ketones is 1. The van der Waals surface area contributed by atoms with Gasteiger partial charge in [-0.15, -0.1) is 0 Å². The summed E-state index contributed by atoms with van der Waals surface area (Å²) in [7, 11) is 1.83. The van der Waals surface area contributed by atoms with E-state index in [1.165, 1.54) is 38.5 Å². The van der Waals surface area contributed by atoms with Gasteiger partial charge in [-0.1, -0.05) is 38.5 Å². The summed E-state index contributed by atoms with van der Waals surface area (Å²) >= 11 is 0. The number of hydrogen-bond acceptors (Lipinski definition) is 2. The summed E-state index contributed by atoms with van der Waals surface area (Å²) in [5, 5.41) is 4.05. The molecule has 0 aliphatic heterocycles. The van der Waals surface area contributed by atoms with Gasteiger partial charge >= 0.3 is 0 Å². The SMILES string of the molecule is Cn1nccc1C(=O)CC1CCCCCC1. The van der Waals surface area contributed by atoms with Crippen molar-refractivity contribution in [2.24, 2.45) is 13.0 Å². The number of carbonyl (C=O) groups is 1. The minimum Gasteiger partial charge on any atom is -0.292 e. The molecule has 0 radical (unpaired) electrons. The third-order valence-electron chi connectivity index (χ3n) is 3.56. The molecule has 88 valence electrons. The van der Waals surface area contributed by atoms with E-state index in [-0.39, 0.29) is 5.78 Å². The molecule has 0 atom stereocenters. The molecule has 1 aliphatic rings. The van der Waals surface area contributed by atoms with E-state index in [0.717, 1.165) is 5.69 Å². The van der Waals surface area contributed by atoms with Gasteiger partial charge < -0.3 is 0 Å². The molecule has 0 saturated heterocycles. The van der Waals surface area contributed by atoms with E-state index >= 15 is 0 Å². The number of rotatable bonds is 3. The Morgan fingerprint density at radius 2 is 2.06 bits per heavy atom. The van der Waals surface area contributed by atoms with Gasteiger partial charge in [0.15, 0.2) is 5.78 Å². The van der Waals surface area contributed by atoms with Crippen LogP contribution in [-0.4, -0.2) is 15.6 Å². The van der Waals surface area contributed by atoms with Crippen LogP contribution in [0.2, 0.25) is 0 Å². The summed E-state index contributed by atoms with van der Waals surface area (Å²) < 4.78 is 1.68. The Hall–Kier alpha value is -1.12. The Morgan fingerprint density at radius 3 is 2.62 bits per heavy atom. The van der Waals surface area contributed by atoms with Crippen LogP contribution in [0.25, 0.3) is 0 Å². The number of aryl methyl sites for hydroxylation is 1. The van der Waals surface area contributed by atoms with Crippen molar-refractivity contribution in [1.29, 1.82) is 0 Å². The van der Waals surface area contributed by atoms with Crippen molar-refractivity contribution in [1.82, 2.24) is 9.78 Å². The quantitative estimate of drug-likeness (QED) is 0.580. The third kappa shape index (κ3) is 2.71. The molecule has 0 unspecified atom stereocenters. The Labute approximate surface area is 96.8 Å². The minimum absolute atomic E-state index is 0.256. The predicted molar refractivity (Wildman–Crippen MR) is 63.3 cm³/mol. The average molecular weight is 220 g/mol. The van der Waals surface area contributed by atoms with Crippen molar-refractivity contribution in [3.8, 4) is 0 Å². The molecule has 0 aromatic carbocycles. The van der Waals surface area contributed by atoms with Crippen molar-refractivity contribution in [3.05, 3.63) is 18.0 Å². The summed E-state index contributed by atoms with van der Waals surface area (Å²) in [6, 6.07) is 1.82. The normalized spacial score (nSPS) is 18.3. The first-order valence-corrected chi connectivity index (χ1v) is 6.28. The van der Waals surface area contributed by atoms with Crippen LogP contribution in [0.15, 0.2) is 12.3 Å². The van der Waals surface area contributed by atoms with Gasteiger partial charge in [-0.2, -0.15) is 5.10 Å². The first-order chi connectivity index (χ1) is 7.77. The zero-order chi connectivity index (χ0) is 11.4. The zero-order valence-electron chi connectivity index (χ0n) is 9.98. The second-order valence-corrected chi connectivity index (χ2v) is 4.82. The van der Waals surface area contributed by atoms with Crippen molar-refractivity contribution in [3.63, 3.8) is 0 Å². The highest BCUT2D eigenvalue weighted by Gasteiger charge is 2.18. The highest BCUT2D eigenvalue weighted by molar-refractivity contribution is 5.94. The lowest BCUT2D eigenvalue weighted by Crippen LogP contribution is -2.12. The molecule has 16 heavy (non-hydrogen) atoms. The van der Waals surface area contributed by atoms with Gasteiger partial charge in [-0.05, 0) is 12.0 Å². The Balaban J connectivity index is 1.93. The van der Waals surface area contributed by atoms with E-state index in [2.05, 4.69) is 5.10 Å². The van der Waals surface area contributed by atoms with E-state index < -0.39 is 0 Å². The number of carbonyl (C=O) groups excluding carboxylic acids is 1. The highest BCUT2D eigenvalue weighted by atomic mass is 16.1. The number of hydrogen-bond donors (Lipinski definition) is 0. The van der Waals surface area contributed by atoms with Gasteiger partial charge in [-0.25, -0.2) is 0 Å². The molecular formula is C13H20N2O. The Morgan fingerprint density at radius 1 is 1.38 bits per heavy atom. The molecule has 0 bridgehead atoms. The van der Waals surface area contributed by atoms with Gasteiger partial charge in [0, 0.05) is 19.7 Å². The summed E-state index contributed by atoms with van der Waals surface area (Å²) in [5.41, 5.74) is 0.754. The van der Waals surface area contributed by atoms with Crippen LogP contribution in [0.4, 0.5) is 0 Å². The molecule has 1 aromatic rings. The summed E-state index contributed by atoms with van der Waals surface area (Å²) in [6.45, 7) is 0. The maximum Gasteiger partial charge on any atom is 0.181 e. The average Bonchev–Trinajstić information content (AvgIpc) is 2.53. The van der Waals surface area contributed by atoms with E-state index in [9.17, 15) is 4.79 Å². The van der Waals surface area contributed by atoms with E-state index in [1.807, 2.05) is 13.1 Å². The zero-order valence-corrected chi connectivity index (χ0v) is 9.98. The van der Waals surface area contributed by atoms with Gasteiger partial charge in [-0.3, -0.25) is 9.48 Å². The molecule has 2 rings (SSSR count). The fourth-order valence-electron chi connectivity index (χ4n) is 2.58. The van der Waals surface area contributed by atoms with Crippen molar-refractivity contribution < 1.29 is 4.79 Å². The molecule has 0 spiro atoms. The Kier molecular flexibility index (Phi) is 3.75. The van der Waals surface area contributed by atoms with Crippen LogP contribution < -0.4 is 0 Å². The monoisotopic (exact) mass is 220 g/mol. The molecule has 1 fully saturated rings. The lowest BCUT2D eigenvalue weighted by molar-refractivity contribution is 0.0947. The molecular weight excluding hydrogens is 200 g/mol. The van der Waals surface area contributed by atoms with Crippen LogP contribution >= 0.6 is 0 Å². The molecule has 0 amide bonds. The molecule has 1 aliphatic carbocycles. The van der Waals surface area contributed by atoms with E-state index in [4.69, 9.17) is 0 Å². The van der Waals surface area contributed by atoms with Crippen molar-refractivity contribution in [2.75, 3.05) is 0 Å². The third-order valence-corrected chi connectivity index (χ3v) is 3.56. The Bertz CT molecular complexity index is 349. The van der Waals surface area contributed by atoms with E-state index in [1.54, 1.807) is 10.9 Å². The standard InChI is InChI=1S/C13H20N2O/c1-15-12(8-9-14-15)13(16)10-11-6-4-2-3-5-7-11/h8-9,11H,2-7,10H2,1H3. The number of nitrogens with zero attached hydrogens (tertiary/aromatic N) is 2. The first kappa shape index (κ1) is 11.4. The number of Topliss-reactive ketones (excluding diaryl/α,β-unsaturated/α-hetero) is 1. The van der Waals surface area contributed by atoms with Crippen molar-refractivity contribution in [2.45, 2.75) is 44.9 Å². The topological polar surface area (TPSA) is 34.9 Å². The highest BCUT2D eigenvalue weighted by Crippen LogP contribution is 2.26. The van der Waals surface area contributed by atoms with Gasteiger partial charge in [0.1, 0.15) is 5.69 Å². The van der Waals surface area contributed by atoms with Crippen LogP contribution in [0, 0.1) is 5.92 Å². The van der Waals surface area contributed by atoms with Gasteiger partial charge in [0.25, 0.3) is 0 Å². The van der Waals surface area contributed by atoms with Crippen LogP contribution in [0.3, 0.4) is 0 Å². The second-order valence-electron chi connectivity index (χ2n) is 4.82. The molecule has 1 aromatic heterocycles. The maximum absolute atomic E-state index is 12.0. The van der Waals surface area contributed by atoms with Gasteiger partial charge in [0.05, 0.1) is 0 Å². The van der Waals surface area contributed by atoms with Crippen LogP contribution in [0.1, 0.15) is 55.4 Å². The summed E-state index contributed by atoms with van der Waals surface area (Å²) in [4.78, 5) is 12.0. The fraction of sp³-hybridized carbons (Fsp3) is 0.692. The van der Waals surface area contributed by atoms with Crippen LogP contribution in [0.5, 0.6) is 0 Å². The lowest BCUT2D eigenvalue weighted by atomic mass is 9.93. The summed E-state index contributed by atoms with van der Waals surface area (Å²) in [5.74, 6) is 0.858. The van der Waals surface area contributed by atoms with Gasteiger partial charge in [0.2, 0.25) is 0 Å². The fourth-order valence-corrected chi connectivity index (χ4v) is 2.58. The molecule has 3 nitrogen and oxygen atoms in total. The largest absolute Gasteiger partial charge is 0.292 e. The molecule has 1 heterocycles. The molecule has 1 saturated carbocycles. The smallest absolute Gasteiger partial charge is 0.181 e. The molecule has 3 heteroatoms.